The fourth-order valence-electron chi connectivity index (χ4n) is 4.22. The van der Waals surface area contributed by atoms with E-state index in [-0.39, 0.29) is 21.5 Å². The number of alkyl halides is 2. The van der Waals surface area contributed by atoms with Gasteiger partial charge in [-0.25, -0.2) is 0 Å². The molecule has 1 aliphatic heterocycles. The number of pyridine rings is 1. The first-order valence-electron chi connectivity index (χ1n) is 10.7. The van der Waals surface area contributed by atoms with Crippen LogP contribution in [0.15, 0.2) is 23.4 Å². The first-order valence-corrected chi connectivity index (χ1v) is 13.9. The number of nitrogens with zero attached hydrogens (tertiary/aromatic N) is 5. The molecule has 3 aromatic heterocycles. The summed E-state index contributed by atoms with van der Waals surface area (Å²) >= 11 is -0.775. The van der Waals surface area contributed by atoms with Crippen LogP contribution in [0.1, 0.15) is 44.6 Å². The molecule has 2 fully saturated rings. The molecule has 0 spiro atoms. The minimum atomic E-state index is -3.80. The Morgan fingerprint density at radius 3 is 2.55 bits per heavy atom. The molecule has 33 heavy (non-hydrogen) atoms. The monoisotopic (exact) mass is 545 g/mol. The van der Waals surface area contributed by atoms with Crippen molar-refractivity contribution in [3.05, 3.63) is 23.0 Å². The fraction of sp³-hybridized carbons (Fsp3) is 0.550. The molecule has 4 heterocycles. The molecule has 1 saturated carbocycles. The van der Waals surface area contributed by atoms with Gasteiger partial charge in [0.1, 0.15) is 0 Å². The normalized spacial score (nSPS) is 22.9. The molecule has 1 aliphatic carbocycles. The molecule has 2 aliphatic rings. The zero-order chi connectivity index (χ0) is 23.5. The van der Waals surface area contributed by atoms with E-state index in [2.05, 4.69) is 44.0 Å². The number of rotatable bonds is 6. The molecular weight excluding hydrogens is 519 g/mol. The van der Waals surface area contributed by atoms with Crippen LogP contribution >= 0.6 is 0 Å². The van der Waals surface area contributed by atoms with Crippen LogP contribution in [-0.2, 0) is 10.0 Å². The van der Waals surface area contributed by atoms with E-state index in [1.165, 1.54) is 6.20 Å². The van der Waals surface area contributed by atoms with Crippen molar-refractivity contribution in [2.75, 3.05) is 18.0 Å². The summed E-state index contributed by atoms with van der Waals surface area (Å²) in [7, 11) is -3.80. The topological polar surface area (TPSA) is 105 Å². The number of hydrogen-bond donors (Lipinski definition) is 2. The summed E-state index contributed by atoms with van der Waals surface area (Å²) in [6.07, 6.45) is 2.06. The van der Waals surface area contributed by atoms with Gasteiger partial charge in [-0.1, -0.05) is 0 Å². The molecule has 178 valence electrons. The Bertz CT molecular complexity index is 1290. The quantitative estimate of drug-likeness (QED) is 0.456. The summed E-state index contributed by atoms with van der Waals surface area (Å²) in [5.74, 6) is 0.344. The summed E-state index contributed by atoms with van der Waals surface area (Å²) in [6.45, 7) is 7.43. The number of piperazine rings is 1. The SMILES string of the molecule is C[C@H]1CN(c2cc(S(=O)(=O)NC3(C)CC3)cn3c(-c4nnc(C(F)F)[se]4)ncc23)C[C@H](C)N1. The van der Waals surface area contributed by atoms with E-state index < -0.39 is 36.5 Å². The fourth-order valence-corrected chi connectivity index (χ4v) is 7.16. The predicted octanol–water partition coefficient (Wildman–Crippen LogP) is 1.80. The second-order valence-corrected chi connectivity index (χ2v) is 13.0. The number of nitrogens with one attached hydrogen (secondary N) is 2. The number of aromatic nitrogens is 4. The molecule has 2 atom stereocenters. The number of hydrogen-bond acceptors (Lipinski definition) is 7. The average Bonchev–Trinajstić information content (AvgIpc) is 3.14. The summed E-state index contributed by atoms with van der Waals surface area (Å²) < 4.78 is 57.3. The molecule has 0 amide bonds. The van der Waals surface area contributed by atoms with Gasteiger partial charge >= 0.3 is 197 Å². The second kappa shape index (κ2) is 8.09. The summed E-state index contributed by atoms with van der Waals surface area (Å²) in [5, 5.41) is 11.0. The first kappa shape index (κ1) is 22.9. The number of halogens is 2. The molecule has 3 aromatic rings. The molecule has 0 radical (unpaired) electrons. The van der Waals surface area contributed by atoms with Gasteiger partial charge in [0.15, 0.2) is 0 Å². The van der Waals surface area contributed by atoms with Gasteiger partial charge in [-0.15, -0.1) is 0 Å². The van der Waals surface area contributed by atoms with E-state index in [1.807, 2.05) is 6.92 Å². The third-order valence-electron chi connectivity index (χ3n) is 6.00. The van der Waals surface area contributed by atoms with Crippen molar-refractivity contribution >= 4 is 35.7 Å². The van der Waals surface area contributed by atoms with Crippen LogP contribution in [0.2, 0.25) is 0 Å². The van der Waals surface area contributed by atoms with Crippen LogP contribution in [0, 0.1) is 0 Å². The average molecular weight is 544 g/mol. The Hall–Kier alpha value is -1.92. The molecule has 5 rings (SSSR count). The Labute approximate surface area is 196 Å². The van der Waals surface area contributed by atoms with Gasteiger partial charge < -0.3 is 0 Å². The minimum absolute atomic E-state index is 0.109. The van der Waals surface area contributed by atoms with Crippen molar-refractivity contribution in [1.82, 2.24) is 29.6 Å². The standard InChI is InChI=1S/C20H25F2N7O2SSe/c1-11-8-28(9-12(2)24-11)14-6-13(32(30,31)27-20(3)4-5-20)10-29-15(14)7-23-17(29)19-26-25-18(33-19)16(21)22/h6-7,10-12,16,24,27H,4-5,8-9H2,1-3H3/t11-,12-/m0/s1. The molecule has 0 bridgehead atoms. The third-order valence-corrected chi connectivity index (χ3v) is 9.55. The van der Waals surface area contributed by atoms with Gasteiger partial charge in [0.25, 0.3) is 0 Å². The summed E-state index contributed by atoms with van der Waals surface area (Å²) in [5.41, 5.74) is 1.01. The number of anilines is 1. The van der Waals surface area contributed by atoms with Gasteiger partial charge in [-0.2, -0.15) is 0 Å². The van der Waals surface area contributed by atoms with Gasteiger partial charge in [-0.3, -0.25) is 0 Å². The van der Waals surface area contributed by atoms with Crippen molar-refractivity contribution < 1.29 is 17.2 Å². The number of fused-ring (bicyclic) bond motifs is 1. The molecular formula is C20H25F2N7O2SSe. The van der Waals surface area contributed by atoms with E-state index in [9.17, 15) is 17.2 Å². The van der Waals surface area contributed by atoms with Crippen LogP contribution in [-0.4, -0.2) is 73.2 Å². The molecule has 13 heteroatoms. The van der Waals surface area contributed by atoms with Crippen molar-refractivity contribution in [2.24, 2.45) is 0 Å². The molecule has 0 unspecified atom stereocenters. The van der Waals surface area contributed by atoms with Crippen molar-refractivity contribution in [3.8, 4) is 10.4 Å². The predicted molar refractivity (Wildman–Crippen MR) is 120 cm³/mol. The Morgan fingerprint density at radius 1 is 1.24 bits per heavy atom. The van der Waals surface area contributed by atoms with Gasteiger partial charge in [-0.05, 0) is 0 Å². The first-order chi connectivity index (χ1) is 15.5. The summed E-state index contributed by atoms with van der Waals surface area (Å²) in [4.78, 5) is 6.70. The van der Waals surface area contributed by atoms with Crippen molar-refractivity contribution in [3.63, 3.8) is 0 Å². The maximum absolute atomic E-state index is 13.3. The molecule has 1 saturated heterocycles. The molecule has 0 aromatic carbocycles. The van der Waals surface area contributed by atoms with E-state index in [0.717, 1.165) is 18.5 Å². The van der Waals surface area contributed by atoms with Gasteiger partial charge in [0, 0.05) is 0 Å². The van der Waals surface area contributed by atoms with Crippen LogP contribution in [0.25, 0.3) is 15.9 Å². The van der Waals surface area contributed by atoms with E-state index in [0.29, 0.717) is 29.0 Å². The van der Waals surface area contributed by atoms with E-state index in [4.69, 9.17) is 0 Å². The van der Waals surface area contributed by atoms with Crippen LogP contribution < -0.4 is 14.9 Å². The van der Waals surface area contributed by atoms with Gasteiger partial charge in [0.2, 0.25) is 0 Å². The van der Waals surface area contributed by atoms with E-state index in [1.54, 1.807) is 16.7 Å². The number of sulfonamides is 1. The van der Waals surface area contributed by atoms with Gasteiger partial charge in [0.05, 0.1) is 0 Å². The Kier molecular flexibility index (Phi) is 5.60. The molecule has 2 N–H and O–H groups in total. The Morgan fingerprint density at radius 2 is 1.94 bits per heavy atom. The Balaban J connectivity index is 1.67. The van der Waals surface area contributed by atoms with Crippen molar-refractivity contribution in [1.29, 1.82) is 0 Å². The molecule has 9 nitrogen and oxygen atoms in total. The van der Waals surface area contributed by atoms with Crippen LogP contribution in [0.4, 0.5) is 14.5 Å². The van der Waals surface area contributed by atoms with Crippen LogP contribution in [0.5, 0.6) is 0 Å². The third kappa shape index (κ3) is 4.44. The van der Waals surface area contributed by atoms with E-state index >= 15 is 0 Å². The zero-order valence-corrected chi connectivity index (χ0v) is 20.9. The summed E-state index contributed by atoms with van der Waals surface area (Å²) in [6, 6.07) is 2.11. The van der Waals surface area contributed by atoms with Crippen molar-refractivity contribution in [2.45, 2.75) is 62.6 Å². The van der Waals surface area contributed by atoms with Crippen LogP contribution in [0.3, 0.4) is 0 Å². The number of imidazole rings is 1. The maximum atomic E-state index is 13.3. The second-order valence-electron chi connectivity index (χ2n) is 9.18. The zero-order valence-electron chi connectivity index (χ0n) is 18.4.